The van der Waals surface area contributed by atoms with Crippen LogP contribution in [0.1, 0.15) is 40.9 Å². The summed E-state index contributed by atoms with van der Waals surface area (Å²) in [7, 11) is 0. The minimum Gasteiger partial charge on any atom is -0.507 e. The Morgan fingerprint density at radius 2 is 1.92 bits per heavy atom. The number of carbonyl (C=O) groups excluding carboxylic acids is 1. The average Bonchev–Trinajstić information content (AvgIpc) is 2.64. The lowest BCUT2D eigenvalue weighted by Crippen LogP contribution is -2.32. The quantitative estimate of drug-likeness (QED) is 0.471. The van der Waals surface area contributed by atoms with Crippen molar-refractivity contribution in [3.8, 4) is 5.75 Å². The second kappa shape index (κ2) is 8.96. The van der Waals surface area contributed by atoms with Crippen LogP contribution in [0.25, 0.3) is 0 Å². The van der Waals surface area contributed by atoms with E-state index in [2.05, 4.69) is 5.29 Å². The summed E-state index contributed by atoms with van der Waals surface area (Å²) in [6.07, 6.45) is 0.435. The number of aliphatic hydroxyl groups excluding tert-OH is 1. The number of primary amides is 1. The fourth-order valence-electron chi connectivity index (χ4n) is 2.70. The van der Waals surface area contributed by atoms with Crippen LogP contribution in [0.2, 0.25) is 0 Å². The van der Waals surface area contributed by atoms with Crippen molar-refractivity contribution in [3.63, 3.8) is 0 Å². The zero-order chi connectivity index (χ0) is 19.1. The molecule has 0 heterocycles. The number of carbonyl (C=O) groups is 1. The summed E-state index contributed by atoms with van der Waals surface area (Å²) in [6.45, 7) is 1.84. The number of amides is 1. The van der Waals surface area contributed by atoms with Crippen molar-refractivity contribution in [2.45, 2.75) is 31.9 Å². The third-order valence-electron chi connectivity index (χ3n) is 4.34. The van der Waals surface area contributed by atoms with Crippen LogP contribution in [-0.4, -0.2) is 33.7 Å². The number of rotatable bonds is 9. The van der Waals surface area contributed by atoms with Gasteiger partial charge in [0.1, 0.15) is 5.75 Å². The Balaban J connectivity index is 2.01. The fourth-order valence-corrected chi connectivity index (χ4v) is 2.70. The predicted molar refractivity (Wildman–Crippen MR) is 98.3 cm³/mol. The minimum absolute atomic E-state index is 0.0254. The maximum Gasteiger partial charge on any atom is 0.252 e. The summed E-state index contributed by atoms with van der Waals surface area (Å²) in [5.41, 5.74) is 6.65. The number of nitroso groups, excluding NO2 is 1. The highest BCUT2D eigenvalue weighted by atomic mass is 16.3. The number of aryl methyl sites for hydroxylation is 1. The van der Waals surface area contributed by atoms with Gasteiger partial charge in [-0.25, -0.2) is 0 Å². The molecule has 0 saturated heterocycles. The first kappa shape index (κ1) is 19.4. The van der Waals surface area contributed by atoms with E-state index in [0.29, 0.717) is 12.0 Å². The molecule has 0 saturated carbocycles. The summed E-state index contributed by atoms with van der Waals surface area (Å²) in [4.78, 5) is 22.5. The number of aliphatic hydroxyl groups is 1. The molecule has 0 aliphatic heterocycles. The second-order valence-corrected chi connectivity index (χ2v) is 6.23. The maximum atomic E-state index is 11.3. The lowest BCUT2D eigenvalue weighted by atomic mass is 10.0. The van der Waals surface area contributed by atoms with E-state index in [-0.39, 0.29) is 23.9 Å². The van der Waals surface area contributed by atoms with Gasteiger partial charge in [-0.15, -0.1) is 4.91 Å². The normalized spacial score (nSPS) is 13.0. The molecule has 0 spiro atoms. The van der Waals surface area contributed by atoms with Gasteiger partial charge in [0.15, 0.2) is 0 Å². The number of hydrogen-bond donors (Lipinski definition) is 3. The van der Waals surface area contributed by atoms with E-state index in [1.165, 1.54) is 23.2 Å². The van der Waals surface area contributed by atoms with Crippen molar-refractivity contribution in [2.24, 2.45) is 11.0 Å². The van der Waals surface area contributed by atoms with E-state index in [1.807, 2.05) is 37.3 Å². The number of nitrogens with two attached hydrogens (primary N) is 1. The third kappa shape index (κ3) is 5.03. The first-order valence-electron chi connectivity index (χ1n) is 8.37. The Kier molecular flexibility index (Phi) is 6.68. The van der Waals surface area contributed by atoms with Crippen LogP contribution in [0.4, 0.5) is 0 Å². The zero-order valence-electron chi connectivity index (χ0n) is 14.6. The summed E-state index contributed by atoms with van der Waals surface area (Å²) in [5.74, 6) is -1.05. The molecule has 7 heteroatoms. The average molecular weight is 357 g/mol. The largest absolute Gasteiger partial charge is 0.507 e. The molecule has 0 aliphatic carbocycles. The molecule has 26 heavy (non-hydrogen) atoms. The molecule has 2 aromatic rings. The van der Waals surface area contributed by atoms with E-state index >= 15 is 0 Å². The van der Waals surface area contributed by atoms with E-state index in [0.717, 1.165) is 12.0 Å². The predicted octanol–water partition coefficient (Wildman–Crippen LogP) is 2.53. The molecular weight excluding hydrogens is 334 g/mol. The standard InChI is InChI=1S/C19H23N3O4/c1-13(7-8-14-5-3-2-4-6-14)22(21-26)12-18(24)15-9-10-17(23)16(11-15)19(20)25/h2-6,9-11,13,18,23-24H,7-8,12H2,1H3,(H2,20,25). The number of nitrogens with zero attached hydrogens (tertiary/aromatic N) is 2. The molecule has 0 radical (unpaired) electrons. The van der Waals surface area contributed by atoms with E-state index in [1.54, 1.807) is 0 Å². The van der Waals surface area contributed by atoms with Crippen LogP contribution in [0, 0.1) is 4.91 Å². The van der Waals surface area contributed by atoms with Crippen molar-refractivity contribution in [3.05, 3.63) is 70.1 Å². The maximum absolute atomic E-state index is 11.3. The molecular formula is C19H23N3O4. The van der Waals surface area contributed by atoms with Gasteiger partial charge in [-0.1, -0.05) is 36.4 Å². The first-order valence-corrected chi connectivity index (χ1v) is 8.37. The van der Waals surface area contributed by atoms with Gasteiger partial charge in [0.25, 0.3) is 5.91 Å². The summed E-state index contributed by atoms with van der Waals surface area (Å²) in [5, 5.41) is 24.3. The molecule has 2 unspecified atom stereocenters. The molecule has 1 amide bonds. The summed E-state index contributed by atoms with van der Waals surface area (Å²) >= 11 is 0. The van der Waals surface area contributed by atoms with Gasteiger partial charge < -0.3 is 15.9 Å². The topological polar surface area (TPSA) is 116 Å². The lowest BCUT2D eigenvalue weighted by Gasteiger charge is -2.25. The monoisotopic (exact) mass is 357 g/mol. The highest BCUT2D eigenvalue weighted by Crippen LogP contribution is 2.24. The molecule has 0 aromatic heterocycles. The fraction of sp³-hybridized carbons (Fsp3) is 0.316. The van der Waals surface area contributed by atoms with Crippen molar-refractivity contribution >= 4 is 5.91 Å². The van der Waals surface area contributed by atoms with Crippen molar-refractivity contribution in [1.82, 2.24) is 5.01 Å². The number of phenols is 1. The van der Waals surface area contributed by atoms with Gasteiger partial charge in [0.05, 0.1) is 23.5 Å². The molecule has 0 aliphatic rings. The van der Waals surface area contributed by atoms with Crippen LogP contribution >= 0.6 is 0 Å². The van der Waals surface area contributed by atoms with Gasteiger partial charge in [-0.2, -0.15) is 0 Å². The molecule has 4 N–H and O–H groups in total. The molecule has 7 nitrogen and oxygen atoms in total. The molecule has 2 rings (SSSR count). The first-order chi connectivity index (χ1) is 12.4. The van der Waals surface area contributed by atoms with Gasteiger partial charge in [0, 0.05) is 6.04 Å². The van der Waals surface area contributed by atoms with E-state index in [9.17, 15) is 19.9 Å². The highest BCUT2D eigenvalue weighted by Gasteiger charge is 2.20. The Bertz CT molecular complexity index is 752. The Labute approximate surface area is 152 Å². The zero-order valence-corrected chi connectivity index (χ0v) is 14.6. The molecule has 0 bridgehead atoms. The van der Waals surface area contributed by atoms with Crippen LogP contribution in [0.5, 0.6) is 5.75 Å². The van der Waals surface area contributed by atoms with Gasteiger partial charge >= 0.3 is 0 Å². The van der Waals surface area contributed by atoms with Gasteiger partial charge in [-0.05, 0) is 43.0 Å². The van der Waals surface area contributed by atoms with Gasteiger partial charge in [-0.3, -0.25) is 9.80 Å². The second-order valence-electron chi connectivity index (χ2n) is 6.23. The van der Waals surface area contributed by atoms with Crippen LogP contribution < -0.4 is 5.73 Å². The molecule has 0 fully saturated rings. The lowest BCUT2D eigenvalue weighted by molar-refractivity contribution is 0.0892. The minimum atomic E-state index is -1.05. The molecule has 2 aromatic carbocycles. The number of aromatic hydroxyl groups is 1. The molecule has 138 valence electrons. The summed E-state index contributed by atoms with van der Waals surface area (Å²) < 4.78 is 0. The Morgan fingerprint density at radius 3 is 2.54 bits per heavy atom. The van der Waals surface area contributed by atoms with Crippen molar-refractivity contribution in [1.29, 1.82) is 0 Å². The van der Waals surface area contributed by atoms with E-state index < -0.39 is 12.0 Å². The smallest absolute Gasteiger partial charge is 0.252 e. The van der Waals surface area contributed by atoms with Crippen molar-refractivity contribution < 1.29 is 15.0 Å². The molecule has 2 atom stereocenters. The Hall–Kier alpha value is -2.93. The van der Waals surface area contributed by atoms with Crippen molar-refractivity contribution in [2.75, 3.05) is 6.54 Å². The Morgan fingerprint density at radius 1 is 1.23 bits per heavy atom. The third-order valence-corrected chi connectivity index (χ3v) is 4.34. The van der Waals surface area contributed by atoms with E-state index in [4.69, 9.17) is 5.73 Å². The SMILES string of the molecule is CC(CCc1ccccc1)N(CC(O)c1ccc(O)c(C(N)=O)c1)N=O. The summed E-state index contributed by atoms with van der Waals surface area (Å²) in [6, 6.07) is 13.8. The highest BCUT2D eigenvalue weighted by molar-refractivity contribution is 5.95. The number of hydrogen-bond acceptors (Lipinski definition) is 5. The van der Waals surface area contributed by atoms with Crippen LogP contribution in [0.15, 0.2) is 53.8 Å². The van der Waals surface area contributed by atoms with Crippen LogP contribution in [0.3, 0.4) is 0 Å². The van der Waals surface area contributed by atoms with Crippen LogP contribution in [-0.2, 0) is 6.42 Å². The number of benzene rings is 2. The van der Waals surface area contributed by atoms with Gasteiger partial charge in [0.2, 0.25) is 0 Å².